The van der Waals surface area contributed by atoms with Gasteiger partial charge in [0.15, 0.2) is 0 Å². The van der Waals surface area contributed by atoms with Crippen LogP contribution < -0.4 is 5.32 Å². The number of nitrogens with zero attached hydrogens (tertiary/aromatic N) is 7. The first-order valence-electron chi connectivity index (χ1n) is 18.4. The number of likely N-dealkylation sites (N-methyl/N-ethyl adjacent to an activating group) is 2. The minimum atomic E-state index is -0.394. The first-order valence-corrected chi connectivity index (χ1v) is 18.4. The molecule has 4 atom stereocenters. The molecule has 2 N–H and O–H groups in total. The molecule has 1 saturated heterocycles. The van der Waals surface area contributed by atoms with Gasteiger partial charge in [-0.05, 0) is 64.6 Å². The lowest BCUT2D eigenvalue weighted by molar-refractivity contribution is -0.137. The van der Waals surface area contributed by atoms with Crippen LogP contribution in [-0.2, 0) is 9.59 Å². The number of carbonyl (C=O) groups is 2. The Morgan fingerprint density at radius 1 is 0.778 bits per heavy atom. The average Bonchev–Trinajstić information content (AvgIpc) is 3.98. The number of hydrogen-bond donors (Lipinski definition) is 2. The van der Waals surface area contributed by atoms with Gasteiger partial charge in [-0.2, -0.15) is 0 Å². The molecular formula is C43H47N9O2. The van der Waals surface area contributed by atoms with E-state index in [1.807, 2.05) is 147 Å². The molecule has 0 unspecified atom stereocenters. The fourth-order valence-electron chi connectivity index (χ4n) is 7.45. The van der Waals surface area contributed by atoms with Crippen molar-refractivity contribution in [2.75, 3.05) is 34.7 Å². The van der Waals surface area contributed by atoms with Crippen LogP contribution in [0.4, 0.5) is 0 Å². The summed E-state index contributed by atoms with van der Waals surface area (Å²) in [7, 11) is 7.71. The smallest absolute Gasteiger partial charge is 0.245 e. The van der Waals surface area contributed by atoms with Crippen molar-refractivity contribution in [1.29, 1.82) is 0 Å². The van der Waals surface area contributed by atoms with E-state index in [1.165, 1.54) is 0 Å². The van der Waals surface area contributed by atoms with E-state index in [9.17, 15) is 9.59 Å². The van der Waals surface area contributed by atoms with Crippen molar-refractivity contribution in [2.24, 2.45) is 4.99 Å². The van der Waals surface area contributed by atoms with E-state index in [2.05, 4.69) is 15.3 Å². The van der Waals surface area contributed by atoms with Crippen molar-refractivity contribution in [2.45, 2.75) is 50.4 Å². The number of aliphatic imine (C=N–C) groups is 1. The Morgan fingerprint density at radius 3 is 2.02 bits per heavy atom. The summed E-state index contributed by atoms with van der Waals surface area (Å²) in [6, 6.07) is 26.8. The topological polar surface area (TPSA) is 123 Å². The van der Waals surface area contributed by atoms with E-state index in [0.717, 1.165) is 69.3 Å². The van der Waals surface area contributed by atoms with Gasteiger partial charge in [0.1, 0.15) is 17.9 Å². The zero-order chi connectivity index (χ0) is 37.8. The van der Waals surface area contributed by atoms with Crippen molar-refractivity contribution in [3.05, 3.63) is 132 Å². The van der Waals surface area contributed by atoms with Gasteiger partial charge >= 0.3 is 0 Å². The van der Waals surface area contributed by atoms with Crippen LogP contribution in [0.5, 0.6) is 0 Å². The van der Waals surface area contributed by atoms with E-state index in [1.54, 1.807) is 12.4 Å². The third kappa shape index (κ3) is 7.78. The Hall–Kier alpha value is -5.78. The molecule has 3 aromatic carbocycles. The minimum Gasteiger partial charge on any atom is -0.347 e. The Balaban J connectivity index is 0.963. The standard InChI is InChI=1S/C43H47N9O2/c1-28(48-42(53)39(50(2)3)31-13-8-6-9-14-31)34-23-33(24-44-34)36-26-45-35(25-46-36)29-18-20-30(21-19-29)37-27-47-41(49-37)38-17-12-22-52(38)43(54)40(51(4)5)32-15-10-7-11-16-32/h6-11,13-16,18-21,24-28,38-40H,12,17,22-23H2,1-5H3,(H,47,49)(H,48,53)/t28-,38-,39+,40+/m0/s1. The van der Waals surface area contributed by atoms with Crippen molar-refractivity contribution >= 4 is 23.1 Å². The highest BCUT2D eigenvalue weighted by Crippen LogP contribution is 2.35. The largest absolute Gasteiger partial charge is 0.347 e. The summed E-state index contributed by atoms with van der Waals surface area (Å²) in [5, 5.41) is 3.15. The molecule has 0 radical (unpaired) electrons. The number of allylic oxidation sites excluding steroid dienone is 1. The molecule has 2 aromatic heterocycles. The molecule has 2 aliphatic rings. The molecule has 0 spiro atoms. The van der Waals surface area contributed by atoms with Crippen molar-refractivity contribution in [1.82, 2.24) is 40.0 Å². The Labute approximate surface area is 316 Å². The molecule has 0 bridgehead atoms. The number of benzene rings is 3. The number of rotatable bonds is 12. The van der Waals surface area contributed by atoms with Gasteiger partial charge in [-0.1, -0.05) is 84.9 Å². The second-order valence-corrected chi connectivity index (χ2v) is 14.5. The third-order valence-corrected chi connectivity index (χ3v) is 10.3. The lowest BCUT2D eigenvalue weighted by Crippen LogP contribution is -2.44. The molecule has 2 amide bonds. The Bertz CT molecular complexity index is 2130. The maximum Gasteiger partial charge on any atom is 0.245 e. The molecular weight excluding hydrogens is 675 g/mol. The van der Waals surface area contributed by atoms with Gasteiger partial charge < -0.3 is 15.2 Å². The highest BCUT2D eigenvalue weighted by atomic mass is 16.2. The number of nitrogens with one attached hydrogen (secondary N) is 2. The van der Waals surface area contributed by atoms with E-state index < -0.39 is 6.04 Å². The van der Waals surface area contributed by atoms with Gasteiger partial charge in [0.2, 0.25) is 11.8 Å². The number of H-pyrrole nitrogens is 1. The van der Waals surface area contributed by atoms with Crippen LogP contribution in [0.2, 0.25) is 0 Å². The number of carbonyl (C=O) groups excluding carboxylic acids is 2. The van der Waals surface area contributed by atoms with Crippen LogP contribution in [0, 0.1) is 0 Å². The van der Waals surface area contributed by atoms with Gasteiger partial charge in [0.25, 0.3) is 0 Å². The van der Waals surface area contributed by atoms with Crippen LogP contribution in [-0.4, -0.2) is 92.9 Å². The number of imidazole rings is 1. The van der Waals surface area contributed by atoms with Gasteiger partial charge in [-0.25, -0.2) is 4.98 Å². The lowest BCUT2D eigenvalue weighted by Gasteiger charge is -2.31. The maximum absolute atomic E-state index is 13.9. The van der Waals surface area contributed by atoms with Crippen LogP contribution in [0.3, 0.4) is 0 Å². The summed E-state index contributed by atoms with van der Waals surface area (Å²) in [6.45, 7) is 2.67. The fraction of sp³-hybridized carbons (Fsp3) is 0.302. The highest BCUT2D eigenvalue weighted by molar-refractivity contribution is 6.02. The molecule has 0 saturated carbocycles. The molecule has 276 valence electrons. The average molecular weight is 722 g/mol. The Morgan fingerprint density at radius 2 is 1.39 bits per heavy atom. The molecule has 11 nitrogen and oxygen atoms in total. The zero-order valence-corrected chi connectivity index (χ0v) is 31.5. The number of amides is 2. The van der Waals surface area contributed by atoms with Crippen LogP contribution in [0.1, 0.15) is 67.0 Å². The lowest BCUT2D eigenvalue weighted by atomic mass is 10.0. The predicted molar refractivity (Wildman–Crippen MR) is 212 cm³/mol. The van der Waals surface area contributed by atoms with Gasteiger partial charge in [-0.15, -0.1) is 0 Å². The molecule has 1 fully saturated rings. The second-order valence-electron chi connectivity index (χ2n) is 14.5. The van der Waals surface area contributed by atoms with Crippen molar-refractivity contribution in [3.63, 3.8) is 0 Å². The number of aromatic amines is 1. The summed E-state index contributed by atoms with van der Waals surface area (Å²) >= 11 is 0. The molecule has 11 heteroatoms. The number of hydrogen-bond acceptors (Lipinski definition) is 8. The molecule has 7 rings (SSSR count). The minimum absolute atomic E-state index is 0.0669. The van der Waals surface area contributed by atoms with Crippen molar-refractivity contribution in [3.8, 4) is 22.5 Å². The van der Waals surface area contributed by atoms with Gasteiger partial charge in [-0.3, -0.25) is 34.3 Å². The van der Waals surface area contributed by atoms with E-state index in [0.29, 0.717) is 13.0 Å². The molecule has 4 heterocycles. The number of aromatic nitrogens is 4. The highest BCUT2D eigenvalue weighted by Gasteiger charge is 2.37. The normalized spacial score (nSPS) is 17.3. The monoisotopic (exact) mass is 721 g/mol. The summed E-state index contributed by atoms with van der Waals surface area (Å²) in [4.78, 5) is 55.4. The number of likely N-dealkylation sites (tertiary alicyclic amines) is 1. The molecule has 54 heavy (non-hydrogen) atoms. The fourth-order valence-corrected chi connectivity index (χ4v) is 7.45. The predicted octanol–water partition coefficient (Wildman–Crippen LogP) is 6.49. The van der Waals surface area contributed by atoms with Crippen LogP contribution in [0.25, 0.3) is 28.1 Å². The van der Waals surface area contributed by atoms with Gasteiger partial charge in [0.05, 0.1) is 47.8 Å². The van der Waals surface area contributed by atoms with Crippen LogP contribution >= 0.6 is 0 Å². The first-order chi connectivity index (χ1) is 26.2. The van der Waals surface area contributed by atoms with Crippen molar-refractivity contribution < 1.29 is 9.59 Å². The second kappa shape index (κ2) is 16.1. The quantitative estimate of drug-likeness (QED) is 0.151. The van der Waals surface area contributed by atoms with E-state index in [-0.39, 0.29) is 29.9 Å². The van der Waals surface area contributed by atoms with Gasteiger partial charge in [0, 0.05) is 36.0 Å². The van der Waals surface area contributed by atoms with E-state index >= 15 is 0 Å². The molecule has 2 aliphatic heterocycles. The SMILES string of the molecule is C[C@H](NC(=O)[C@@H](c1ccccc1)N(C)C)C1=NC=C(c2cnc(-c3ccc(-c4cnc([C@@H]5CCCN5C(=O)[C@@H](c5ccccc5)N(C)C)[nH]4)cc3)cn2)C1. The van der Waals surface area contributed by atoms with E-state index in [4.69, 9.17) is 15.0 Å². The van der Waals surface area contributed by atoms with Crippen LogP contribution in [0.15, 0.2) is 115 Å². The maximum atomic E-state index is 13.9. The Kier molecular flexibility index (Phi) is 10.9. The summed E-state index contributed by atoms with van der Waals surface area (Å²) in [5.41, 5.74) is 8.14. The summed E-state index contributed by atoms with van der Waals surface area (Å²) < 4.78 is 0. The summed E-state index contributed by atoms with van der Waals surface area (Å²) in [6.07, 6.45) is 9.63. The summed E-state index contributed by atoms with van der Waals surface area (Å²) in [5.74, 6) is 0.834. The molecule has 0 aliphatic carbocycles. The first kappa shape index (κ1) is 36.6. The molecule has 5 aromatic rings. The zero-order valence-electron chi connectivity index (χ0n) is 31.5. The third-order valence-electron chi connectivity index (χ3n) is 10.3.